The highest BCUT2D eigenvalue weighted by atomic mass is 16.3. The van der Waals surface area contributed by atoms with E-state index in [0.29, 0.717) is 18.3 Å². The standard InChI is InChI=1S/C17H30N2O4/c18-13-5-3-11(9-15(13)21)8-12-4-6-14(16(22)10-12)19-17(23)2-1-7-20/h7,11-16,21-22H,1-6,8-10,18H2,(H,19,23). The van der Waals surface area contributed by atoms with Gasteiger partial charge in [-0.05, 0) is 56.8 Å². The van der Waals surface area contributed by atoms with E-state index >= 15 is 0 Å². The zero-order valence-electron chi connectivity index (χ0n) is 13.7. The molecule has 2 aliphatic carbocycles. The van der Waals surface area contributed by atoms with Gasteiger partial charge in [0.2, 0.25) is 5.91 Å². The van der Waals surface area contributed by atoms with Gasteiger partial charge in [-0.1, -0.05) is 0 Å². The zero-order chi connectivity index (χ0) is 16.8. The van der Waals surface area contributed by atoms with Gasteiger partial charge in [-0.3, -0.25) is 4.79 Å². The van der Waals surface area contributed by atoms with E-state index in [1.807, 2.05) is 0 Å². The normalized spacial score (nSPS) is 38.0. The molecule has 0 spiro atoms. The molecule has 6 atom stereocenters. The Balaban J connectivity index is 1.73. The smallest absolute Gasteiger partial charge is 0.220 e. The van der Waals surface area contributed by atoms with Gasteiger partial charge in [-0.2, -0.15) is 0 Å². The summed E-state index contributed by atoms with van der Waals surface area (Å²) in [6, 6.07) is -0.287. The van der Waals surface area contributed by atoms with Gasteiger partial charge in [-0.15, -0.1) is 0 Å². The number of aliphatic hydroxyl groups is 2. The third-order valence-electron chi connectivity index (χ3n) is 5.40. The van der Waals surface area contributed by atoms with E-state index in [2.05, 4.69) is 5.32 Å². The molecule has 1 amide bonds. The van der Waals surface area contributed by atoms with Crippen molar-refractivity contribution in [1.29, 1.82) is 0 Å². The van der Waals surface area contributed by atoms with Crippen LogP contribution in [0.5, 0.6) is 0 Å². The molecule has 0 aromatic heterocycles. The number of hydrogen-bond acceptors (Lipinski definition) is 5. The van der Waals surface area contributed by atoms with Crippen molar-refractivity contribution in [2.75, 3.05) is 0 Å². The second-order valence-corrected chi connectivity index (χ2v) is 7.27. The summed E-state index contributed by atoms with van der Waals surface area (Å²) in [5.74, 6) is 0.768. The second-order valence-electron chi connectivity index (χ2n) is 7.27. The van der Waals surface area contributed by atoms with E-state index in [9.17, 15) is 19.8 Å². The van der Waals surface area contributed by atoms with Crippen LogP contribution < -0.4 is 11.1 Å². The number of amides is 1. The van der Waals surface area contributed by atoms with Crippen LogP contribution in [0.15, 0.2) is 0 Å². The van der Waals surface area contributed by atoms with Crippen molar-refractivity contribution in [2.24, 2.45) is 17.6 Å². The third kappa shape index (κ3) is 5.55. The number of aliphatic hydroxyl groups excluding tert-OH is 2. The summed E-state index contributed by atoms with van der Waals surface area (Å²) < 4.78 is 0. The lowest BCUT2D eigenvalue weighted by Crippen LogP contribution is -2.47. The van der Waals surface area contributed by atoms with Crippen LogP contribution in [0.1, 0.15) is 57.8 Å². The van der Waals surface area contributed by atoms with Crippen LogP contribution in [0.3, 0.4) is 0 Å². The van der Waals surface area contributed by atoms with E-state index in [1.165, 1.54) is 0 Å². The lowest BCUT2D eigenvalue weighted by atomic mass is 9.74. The maximum atomic E-state index is 11.7. The Kier molecular flexibility index (Phi) is 6.99. The number of aldehydes is 1. The predicted octanol–water partition coefficient (Wildman–Crippen LogP) is 0.490. The first-order valence-electron chi connectivity index (χ1n) is 8.84. The molecule has 6 unspecified atom stereocenters. The summed E-state index contributed by atoms with van der Waals surface area (Å²) in [4.78, 5) is 21.9. The van der Waals surface area contributed by atoms with Crippen LogP contribution in [0, 0.1) is 11.8 Å². The number of rotatable bonds is 6. The van der Waals surface area contributed by atoms with E-state index in [0.717, 1.165) is 44.8 Å². The fraction of sp³-hybridized carbons (Fsp3) is 0.882. The van der Waals surface area contributed by atoms with Gasteiger partial charge in [0.1, 0.15) is 6.29 Å². The largest absolute Gasteiger partial charge is 0.392 e. The topological polar surface area (TPSA) is 113 Å². The molecule has 6 nitrogen and oxygen atoms in total. The summed E-state index contributed by atoms with van der Waals surface area (Å²) in [6.45, 7) is 0. The van der Waals surface area contributed by atoms with Gasteiger partial charge >= 0.3 is 0 Å². The van der Waals surface area contributed by atoms with Crippen LogP contribution >= 0.6 is 0 Å². The first-order chi connectivity index (χ1) is 11.0. The molecule has 0 aromatic rings. The molecule has 2 fully saturated rings. The van der Waals surface area contributed by atoms with Crippen molar-refractivity contribution in [3.8, 4) is 0 Å². The van der Waals surface area contributed by atoms with Gasteiger partial charge in [0.05, 0.1) is 18.2 Å². The molecule has 2 aliphatic rings. The first-order valence-corrected chi connectivity index (χ1v) is 8.84. The van der Waals surface area contributed by atoms with Crippen LogP contribution in [-0.4, -0.2) is 46.7 Å². The zero-order valence-corrected chi connectivity index (χ0v) is 13.7. The van der Waals surface area contributed by atoms with Crippen LogP contribution in [0.2, 0.25) is 0 Å². The van der Waals surface area contributed by atoms with Crippen molar-refractivity contribution < 1.29 is 19.8 Å². The highest BCUT2D eigenvalue weighted by molar-refractivity contribution is 5.78. The van der Waals surface area contributed by atoms with Crippen molar-refractivity contribution in [2.45, 2.75) is 82.1 Å². The number of nitrogens with one attached hydrogen (secondary N) is 1. The highest BCUT2D eigenvalue weighted by Gasteiger charge is 2.33. The summed E-state index contributed by atoms with van der Waals surface area (Å²) in [5.41, 5.74) is 5.84. The fourth-order valence-corrected chi connectivity index (χ4v) is 4.02. The number of nitrogens with two attached hydrogens (primary N) is 1. The monoisotopic (exact) mass is 326 g/mol. The van der Waals surface area contributed by atoms with E-state index < -0.39 is 12.2 Å². The highest BCUT2D eigenvalue weighted by Crippen LogP contribution is 2.35. The number of hydrogen-bond donors (Lipinski definition) is 4. The summed E-state index contributed by atoms with van der Waals surface area (Å²) in [7, 11) is 0. The van der Waals surface area contributed by atoms with Crippen molar-refractivity contribution >= 4 is 12.2 Å². The first kappa shape index (κ1) is 18.4. The molecule has 2 saturated carbocycles. The minimum Gasteiger partial charge on any atom is -0.392 e. The molecule has 0 aliphatic heterocycles. The second kappa shape index (κ2) is 8.76. The maximum Gasteiger partial charge on any atom is 0.220 e. The molecule has 132 valence electrons. The Morgan fingerprint density at radius 3 is 2.35 bits per heavy atom. The van der Waals surface area contributed by atoms with Crippen LogP contribution in [0.4, 0.5) is 0 Å². The SMILES string of the molecule is NC1CCC(CC2CCC(NC(=O)CCC=O)C(O)C2)CC1O. The predicted molar refractivity (Wildman–Crippen MR) is 86.5 cm³/mol. The Morgan fingerprint density at radius 1 is 1.09 bits per heavy atom. The summed E-state index contributed by atoms with van der Waals surface area (Å²) in [5, 5.41) is 23.0. The minimum atomic E-state index is -0.523. The molecule has 5 N–H and O–H groups in total. The molecule has 23 heavy (non-hydrogen) atoms. The molecular formula is C17H30N2O4. The number of carbonyl (C=O) groups excluding carboxylic acids is 2. The van der Waals surface area contributed by atoms with Gasteiger partial charge < -0.3 is 26.1 Å². The van der Waals surface area contributed by atoms with Crippen molar-refractivity contribution in [3.05, 3.63) is 0 Å². The molecule has 0 heterocycles. The average Bonchev–Trinajstić information content (AvgIpc) is 2.51. The molecule has 2 rings (SSSR count). The Hall–Kier alpha value is -0.980. The fourth-order valence-electron chi connectivity index (χ4n) is 4.02. The van der Waals surface area contributed by atoms with Crippen LogP contribution in [-0.2, 0) is 9.59 Å². The molecule has 0 bridgehead atoms. The minimum absolute atomic E-state index is 0.0887. The lowest BCUT2D eigenvalue weighted by molar-refractivity contribution is -0.124. The van der Waals surface area contributed by atoms with E-state index in [4.69, 9.17) is 5.73 Å². The Morgan fingerprint density at radius 2 is 1.74 bits per heavy atom. The summed E-state index contributed by atoms with van der Waals surface area (Å²) >= 11 is 0. The maximum absolute atomic E-state index is 11.7. The van der Waals surface area contributed by atoms with Crippen molar-refractivity contribution in [3.63, 3.8) is 0 Å². The van der Waals surface area contributed by atoms with E-state index in [1.54, 1.807) is 0 Å². The lowest BCUT2D eigenvalue weighted by Gasteiger charge is -2.37. The third-order valence-corrected chi connectivity index (χ3v) is 5.40. The van der Waals surface area contributed by atoms with Gasteiger partial charge in [0.15, 0.2) is 0 Å². The van der Waals surface area contributed by atoms with Gasteiger partial charge in [0.25, 0.3) is 0 Å². The van der Waals surface area contributed by atoms with Gasteiger partial charge in [0, 0.05) is 18.9 Å². The van der Waals surface area contributed by atoms with Crippen LogP contribution in [0.25, 0.3) is 0 Å². The Bertz CT molecular complexity index is 404. The molecule has 6 heteroatoms. The molecule has 0 aromatic carbocycles. The van der Waals surface area contributed by atoms with E-state index in [-0.39, 0.29) is 30.8 Å². The summed E-state index contributed by atoms with van der Waals surface area (Å²) in [6.07, 6.45) is 6.38. The molecular weight excluding hydrogens is 296 g/mol. The average molecular weight is 326 g/mol. The van der Waals surface area contributed by atoms with Gasteiger partial charge in [-0.25, -0.2) is 0 Å². The molecule has 0 saturated heterocycles. The van der Waals surface area contributed by atoms with Crippen molar-refractivity contribution in [1.82, 2.24) is 5.32 Å². The quantitative estimate of drug-likeness (QED) is 0.531. The Labute approximate surface area is 137 Å². The number of carbonyl (C=O) groups is 2. The molecule has 0 radical (unpaired) electrons.